The maximum atomic E-state index is 12.2. The Morgan fingerprint density at radius 2 is 2.17 bits per heavy atom. The number of nitrogens with one attached hydrogen (secondary N) is 1. The summed E-state index contributed by atoms with van der Waals surface area (Å²) < 4.78 is 6.61. The monoisotopic (exact) mass is 351 g/mol. The van der Waals surface area contributed by atoms with E-state index in [0.29, 0.717) is 5.13 Å². The fourth-order valence-electron chi connectivity index (χ4n) is 1.89. The number of aromatic nitrogens is 2. The van der Waals surface area contributed by atoms with Gasteiger partial charge in [0.15, 0.2) is 10.4 Å². The number of ether oxygens (including phenoxy) is 1. The average molecular weight is 351 g/mol. The molecule has 1 N–H and O–H groups in total. The van der Waals surface area contributed by atoms with E-state index in [1.165, 1.54) is 11.3 Å². The highest BCUT2D eigenvalue weighted by Crippen LogP contribution is 2.26. The third-order valence-electron chi connectivity index (χ3n) is 3.07. The van der Waals surface area contributed by atoms with Gasteiger partial charge in [-0.1, -0.05) is 47.7 Å². The topological polar surface area (TPSA) is 64.1 Å². The van der Waals surface area contributed by atoms with Crippen LogP contribution in [0.1, 0.15) is 31.4 Å². The molecule has 1 amide bonds. The lowest BCUT2D eigenvalue weighted by Gasteiger charge is -2.15. The number of hydrogen-bond donors (Lipinski definition) is 1. The molecule has 0 saturated heterocycles. The van der Waals surface area contributed by atoms with Crippen molar-refractivity contribution < 1.29 is 9.53 Å². The van der Waals surface area contributed by atoms with Gasteiger partial charge in [0.25, 0.3) is 5.91 Å². The summed E-state index contributed by atoms with van der Waals surface area (Å²) in [6.07, 6.45) is 0.472. The molecule has 0 aliphatic heterocycles. The Kier molecular flexibility index (Phi) is 6.41. The summed E-state index contributed by atoms with van der Waals surface area (Å²) in [5, 5.41) is 11.3. The zero-order valence-corrected chi connectivity index (χ0v) is 15.4. The van der Waals surface area contributed by atoms with Crippen LogP contribution < -0.4 is 10.1 Å². The minimum absolute atomic E-state index is 0.229. The van der Waals surface area contributed by atoms with E-state index in [-0.39, 0.29) is 5.91 Å². The molecule has 1 atom stereocenters. The van der Waals surface area contributed by atoms with E-state index in [9.17, 15) is 4.79 Å². The first kappa shape index (κ1) is 17.7. The van der Waals surface area contributed by atoms with E-state index >= 15 is 0 Å². The standard InChI is InChI=1S/C16H21N3O2S2/c1-5-8-22-16-19-18-15(23-16)17-14(20)12(4)21-13-7-6-10(2)9-11(13)3/h6-7,9,12H,5,8H2,1-4H3,(H,17,18,20)/t12-/m1/s1. The number of carbonyl (C=O) groups is 1. The largest absolute Gasteiger partial charge is 0.481 e. The van der Waals surface area contributed by atoms with Gasteiger partial charge in [-0.25, -0.2) is 0 Å². The number of rotatable bonds is 7. The third-order valence-corrected chi connectivity index (χ3v) is 5.25. The summed E-state index contributed by atoms with van der Waals surface area (Å²) >= 11 is 3.03. The van der Waals surface area contributed by atoms with Crippen LogP contribution in [0, 0.1) is 13.8 Å². The van der Waals surface area contributed by atoms with Crippen LogP contribution in [0.4, 0.5) is 5.13 Å². The van der Waals surface area contributed by atoms with Gasteiger partial charge in [-0.05, 0) is 38.8 Å². The van der Waals surface area contributed by atoms with E-state index < -0.39 is 6.10 Å². The van der Waals surface area contributed by atoms with Crippen LogP contribution in [0.3, 0.4) is 0 Å². The number of carbonyl (C=O) groups excluding carboxylic acids is 1. The second-order valence-corrected chi connectivity index (χ2v) is 7.56. The lowest BCUT2D eigenvalue weighted by Crippen LogP contribution is -2.30. The molecule has 2 rings (SSSR count). The van der Waals surface area contributed by atoms with Gasteiger partial charge >= 0.3 is 0 Å². The van der Waals surface area contributed by atoms with Crippen LogP contribution in [0.5, 0.6) is 5.75 Å². The molecule has 2 aromatic rings. The quantitative estimate of drug-likeness (QED) is 0.602. The Labute approximate surface area is 144 Å². The Balaban J connectivity index is 1.93. The van der Waals surface area contributed by atoms with Gasteiger partial charge in [0.1, 0.15) is 5.75 Å². The molecule has 1 aromatic heterocycles. The molecule has 5 nitrogen and oxygen atoms in total. The smallest absolute Gasteiger partial charge is 0.266 e. The molecule has 0 spiro atoms. The maximum Gasteiger partial charge on any atom is 0.266 e. The lowest BCUT2D eigenvalue weighted by molar-refractivity contribution is -0.122. The van der Waals surface area contributed by atoms with E-state index in [1.54, 1.807) is 18.7 Å². The number of amides is 1. The summed E-state index contributed by atoms with van der Waals surface area (Å²) in [7, 11) is 0. The number of benzene rings is 1. The minimum atomic E-state index is -0.605. The minimum Gasteiger partial charge on any atom is -0.481 e. The zero-order valence-electron chi connectivity index (χ0n) is 13.8. The molecule has 0 radical (unpaired) electrons. The number of anilines is 1. The van der Waals surface area contributed by atoms with Gasteiger partial charge in [0.05, 0.1) is 0 Å². The van der Waals surface area contributed by atoms with Gasteiger partial charge in [-0.3, -0.25) is 10.1 Å². The van der Waals surface area contributed by atoms with E-state index in [1.807, 2.05) is 32.0 Å². The number of aryl methyl sites for hydroxylation is 2. The Morgan fingerprint density at radius 1 is 1.39 bits per heavy atom. The molecule has 1 aromatic carbocycles. The summed E-state index contributed by atoms with van der Waals surface area (Å²) in [5.74, 6) is 1.48. The van der Waals surface area contributed by atoms with Gasteiger partial charge < -0.3 is 4.74 Å². The first-order chi connectivity index (χ1) is 11.0. The van der Waals surface area contributed by atoms with Crippen molar-refractivity contribution in [2.75, 3.05) is 11.1 Å². The molecule has 0 bridgehead atoms. The van der Waals surface area contributed by atoms with Crippen molar-refractivity contribution in [3.8, 4) is 5.75 Å². The summed E-state index contributed by atoms with van der Waals surface area (Å²) in [6.45, 7) is 7.83. The SMILES string of the molecule is CCCSc1nnc(NC(=O)[C@@H](C)Oc2ccc(C)cc2C)s1. The van der Waals surface area contributed by atoms with E-state index in [2.05, 4.69) is 22.4 Å². The molecule has 23 heavy (non-hydrogen) atoms. The number of hydrogen-bond acceptors (Lipinski definition) is 6. The number of thioether (sulfide) groups is 1. The average Bonchev–Trinajstić information content (AvgIpc) is 2.95. The van der Waals surface area contributed by atoms with Crippen molar-refractivity contribution in [2.45, 2.75) is 44.6 Å². The van der Waals surface area contributed by atoms with Gasteiger partial charge in [0, 0.05) is 5.75 Å². The van der Waals surface area contributed by atoms with Gasteiger partial charge in [-0.15, -0.1) is 10.2 Å². The summed E-state index contributed by atoms with van der Waals surface area (Å²) in [6, 6.07) is 5.88. The normalized spacial score (nSPS) is 12.0. The maximum absolute atomic E-state index is 12.2. The van der Waals surface area contributed by atoms with Crippen molar-refractivity contribution in [3.63, 3.8) is 0 Å². The first-order valence-corrected chi connectivity index (χ1v) is 9.31. The van der Waals surface area contributed by atoms with Gasteiger partial charge in [-0.2, -0.15) is 0 Å². The molecule has 0 unspecified atom stereocenters. The molecule has 0 saturated carbocycles. The Morgan fingerprint density at radius 3 is 2.87 bits per heavy atom. The lowest BCUT2D eigenvalue weighted by atomic mass is 10.1. The Bertz CT molecular complexity index is 673. The van der Waals surface area contributed by atoms with Crippen molar-refractivity contribution in [1.29, 1.82) is 0 Å². The van der Waals surface area contributed by atoms with Crippen LogP contribution >= 0.6 is 23.1 Å². The summed E-state index contributed by atoms with van der Waals surface area (Å²) in [4.78, 5) is 12.2. The second-order valence-electron chi connectivity index (χ2n) is 5.24. The third kappa shape index (κ3) is 5.21. The van der Waals surface area contributed by atoms with Crippen LogP contribution in [0.25, 0.3) is 0 Å². The molecule has 0 fully saturated rings. The van der Waals surface area contributed by atoms with Crippen molar-refractivity contribution in [3.05, 3.63) is 29.3 Å². The summed E-state index contributed by atoms with van der Waals surface area (Å²) in [5.41, 5.74) is 2.18. The van der Waals surface area contributed by atoms with E-state index in [0.717, 1.165) is 33.4 Å². The molecule has 0 aliphatic carbocycles. The van der Waals surface area contributed by atoms with Crippen molar-refractivity contribution in [1.82, 2.24) is 10.2 Å². The first-order valence-electron chi connectivity index (χ1n) is 7.50. The number of nitrogens with zero attached hydrogens (tertiary/aromatic N) is 2. The van der Waals surface area contributed by atoms with Gasteiger partial charge in [0.2, 0.25) is 5.13 Å². The molecule has 0 aliphatic rings. The second kappa shape index (κ2) is 8.31. The fourth-order valence-corrected chi connectivity index (χ4v) is 3.57. The highest BCUT2D eigenvalue weighted by atomic mass is 32.2. The fraction of sp³-hybridized carbons (Fsp3) is 0.438. The molecular formula is C16H21N3O2S2. The molecular weight excluding hydrogens is 330 g/mol. The predicted molar refractivity (Wildman–Crippen MR) is 95.6 cm³/mol. The van der Waals surface area contributed by atoms with Crippen molar-refractivity contribution >= 4 is 34.1 Å². The molecule has 7 heteroatoms. The van der Waals surface area contributed by atoms with Crippen LogP contribution in [0.15, 0.2) is 22.5 Å². The molecule has 124 valence electrons. The van der Waals surface area contributed by atoms with E-state index in [4.69, 9.17) is 4.74 Å². The zero-order chi connectivity index (χ0) is 16.8. The highest BCUT2D eigenvalue weighted by molar-refractivity contribution is 8.01. The molecule has 1 heterocycles. The van der Waals surface area contributed by atoms with Crippen LogP contribution in [-0.2, 0) is 4.79 Å². The van der Waals surface area contributed by atoms with Crippen LogP contribution in [-0.4, -0.2) is 28.0 Å². The van der Waals surface area contributed by atoms with Crippen molar-refractivity contribution in [2.24, 2.45) is 0 Å². The van der Waals surface area contributed by atoms with Crippen LogP contribution in [0.2, 0.25) is 0 Å². The predicted octanol–water partition coefficient (Wildman–Crippen LogP) is 4.06. The highest BCUT2D eigenvalue weighted by Gasteiger charge is 2.17. The Hall–Kier alpha value is -1.60.